The molecule has 1 fully saturated rings. The summed E-state index contributed by atoms with van der Waals surface area (Å²) in [5.41, 5.74) is 2.72. The summed E-state index contributed by atoms with van der Waals surface area (Å²) < 4.78 is 0. The fourth-order valence-corrected chi connectivity index (χ4v) is 3.64. The van der Waals surface area contributed by atoms with Crippen molar-refractivity contribution in [2.75, 3.05) is 0 Å². The van der Waals surface area contributed by atoms with Crippen molar-refractivity contribution in [2.45, 2.75) is 18.4 Å². The topological polar surface area (TPSA) is 37.4 Å². The van der Waals surface area contributed by atoms with Crippen LogP contribution in [-0.4, -0.2) is 16.7 Å². The largest absolute Gasteiger partial charge is 0.277 e. The number of amides is 2. The van der Waals surface area contributed by atoms with Gasteiger partial charge in [-0.3, -0.25) is 14.5 Å². The van der Waals surface area contributed by atoms with Gasteiger partial charge in [-0.25, -0.2) is 0 Å². The first-order chi connectivity index (χ1) is 12.8. The average molecular weight is 341 g/mol. The van der Waals surface area contributed by atoms with Gasteiger partial charge >= 0.3 is 0 Å². The summed E-state index contributed by atoms with van der Waals surface area (Å²) in [6.45, 7) is 0.311. The van der Waals surface area contributed by atoms with Crippen LogP contribution in [0.25, 0.3) is 0 Å². The van der Waals surface area contributed by atoms with Crippen molar-refractivity contribution in [2.24, 2.45) is 0 Å². The van der Waals surface area contributed by atoms with Gasteiger partial charge in [0.05, 0.1) is 18.4 Å². The van der Waals surface area contributed by atoms with Gasteiger partial charge in [0.25, 0.3) is 0 Å². The van der Waals surface area contributed by atoms with Gasteiger partial charge in [-0.05, 0) is 16.7 Å². The molecule has 1 aliphatic rings. The number of benzene rings is 3. The third-order valence-corrected chi connectivity index (χ3v) is 4.90. The molecule has 1 saturated heterocycles. The maximum atomic E-state index is 13.2. The van der Waals surface area contributed by atoms with Crippen molar-refractivity contribution in [1.29, 1.82) is 0 Å². The summed E-state index contributed by atoms with van der Waals surface area (Å²) >= 11 is 0. The number of hydrogen-bond donors (Lipinski definition) is 0. The second-order valence-electron chi connectivity index (χ2n) is 6.52. The summed E-state index contributed by atoms with van der Waals surface area (Å²) in [6.07, 6.45) is 0. The summed E-state index contributed by atoms with van der Waals surface area (Å²) in [7, 11) is 0. The summed E-state index contributed by atoms with van der Waals surface area (Å²) in [6, 6.07) is 28.8. The van der Waals surface area contributed by atoms with Gasteiger partial charge in [0, 0.05) is 0 Å². The predicted octanol–water partition coefficient (Wildman–Crippen LogP) is 4.12. The molecule has 1 heterocycles. The van der Waals surface area contributed by atoms with E-state index >= 15 is 0 Å². The molecular weight excluding hydrogens is 322 g/mol. The fourth-order valence-electron chi connectivity index (χ4n) is 3.64. The normalized spacial score (nSPS) is 19.8. The van der Waals surface area contributed by atoms with Crippen LogP contribution in [0.1, 0.15) is 28.5 Å². The van der Waals surface area contributed by atoms with Crippen LogP contribution in [0.4, 0.5) is 0 Å². The standard InChI is InChI=1S/C23H19NO2/c25-22-20(18-12-6-2-7-13-18)21(19-14-8-3-9-15-19)23(26)24(22)16-17-10-4-1-5-11-17/h1-15,20-21H,16H2/t20-,21-/m0/s1. The Morgan fingerprint density at radius 1 is 0.577 bits per heavy atom. The molecule has 0 N–H and O–H groups in total. The Bertz CT molecular complexity index is 849. The molecule has 2 amide bonds. The lowest BCUT2D eigenvalue weighted by atomic mass is 9.83. The van der Waals surface area contributed by atoms with Crippen molar-refractivity contribution < 1.29 is 9.59 Å². The van der Waals surface area contributed by atoms with E-state index in [-0.39, 0.29) is 11.8 Å². The molecule has 128 valence electrons. The van der Waals surface area contributed by atoms with E-state index in [9.17, 15) is 9.59 Å². The van der Waals surface area contributed by atoms with Crippen LogP contribution in [0, 0.1) is 0 Å². The van der Waals surface area contributed by atoms with Gasteiger partial charge in [0.1, 0.15) is 0 Å². The zero-order valence-corrected chi connectivity index (χ0v) is 14.3. The Labute approximate surface area is 152 Å². The van der Waals surface area contributed by atoms with Gasteiger partial charge in [0.15, 0.2) is 0 Å². The molecule has 0 aliphatic carbocycles. The lowest BCUT2D eigenvalue weighted by molar-refractivity contribution is -0.139. The highest BCUT2D eigenvalue weighted by Crippen LogP contribution is 2.42. The molecule has 0 bridgehead atoms. The van der Waals surface area contributed by atoms with Crippen molar-refractivity contribution in [1.82, 2.24) is 4.90 Å². The highest BCUT2D eigenvalue weighted by atomic mass is 16.2. The van der Waals surface area contributed by atoms with E-state index in [2.05, 4.69) is 0 Å². The Morgan fingerprint density at radius 3 is 1.38 bits per heavy atom. The molecule has 0 unspecified atom stereocenters. The maximum absolute atomic E-state index is 13.2. The predicted molar refractivity (Wildman–Crippen MR) is 100 cm³/mol. The smallest absolute Gasteiger partial charge is 0.238 e. The summed E-state index contributed by atoms with van der Waals surface area (Å²) in [5.74, 6) is -1.21. The first kappa shape index (κ1) is 16.3. The molecule has 26 heavy (non-hydrogen) atoms. The highest BCUT2D eigenvalue weighted by Gasteiger charge is 2.48. The second-order valence-corrected chi connectivity index (χ2v) is 6.52. The lowest BCUT2D eigenvalue weighted by Gasteiger charge is -2.15. The van der Waals surface area contributed by atoms with E-state index in [1.807, 2.05) is 91.0 Å². The van der Waals surface area contributed by atoms with Gasteiger partial charge in [0.2, 0.25) is 11.8 Å². The maximum Gasteiger partial charge on any atom is 0.238 e. The van der Waals surface area contributed by atoms with E-state index in [0.717, 1.165) is 16.7 Å². The van der Waals surface area contributed by atoms with Crippen LogP contribution in [0.5, 0.6) is 0 Å². The minimum atomic E-state index is -0.477. The van der Waals surface area contributed by atoms with Gasteiger partial charge in [-0.2, -0.15) is 0 Å². The molecule has 1 aliphatic heterocycles. The first-order valence-corrected chi connectivity index (χ1v) is 8.75. The molecule has 0 radical (unpaired) electrons. The zero-order chi connectivity index (χ0) is 17.9. The molecule has 3 nitrogen and oxygen atoms in total. The minimum absolute atomic E-state index is 0.126. The molecule has 0 saturated carbocycles. The molecule has 0 aromatic heterocycles. The van der Waals surface area contributed by atoms with Crippen LogP contribution in [-0.2, 0) is 16.1 Å². The van der Waals surface area contributed by atoms with Crippen LogP contribution in [0.2, 0.25) is 0 Å². The van der Waals surface area contributed by atoms with E-state index < -0.39 is 11.8 Å². The Balaban J connectivity index is 1.75. The quantitative estimate of drug-likeness (QED) is 0.669. The molecule has 3 aromatic rings. The summed E-state index contributed by atoms with van der Waals surface area (Å²) in [5, 5.41) is 0. The first-order valence-electron chi connectivity index (χ1n) is 8.75. The monoisotopic (exact) mass is 341 g/mol. The van der Waals surface area contributed by atoms with Crippen LogP contribution in [0.3, 0.4) is 0 Å². The van der Waals surface area contributed by atoms with E-state index in [4.69, 9.17) is 0 Å². The van der Waals surface area contributed by atoms with Crippen molar-refractivity contribution in [3.63, 3.8) is 0 Å². The number of imide groups is 1. The number of rotatable bonds is 4. The third-order valence-electron chi connectivity index (χ3n) is 4.90. The third kappa shape index (κ3) is 2.93. The zero-order valence-electron chi connectivity index (χ0n) is 14.3. The number of carbonyl (C=O) groups is 2. The van der Waals surface area contributed by atoms with Crippen LogP contribution < -0.4 is 0 Å². The SMILES string of the molecule is O=C1[C@@H](c2ccccc2)[C@H](c2ccccc2)C(=O)N1Cc1ccccc1. The van der Waals surface area contributed by atoms with Crippen molar-refractivity contribution in [3.05, 3.63) is 108 Å². The van der Waals surface area contributed by atoms with Gasteiger partial charge in [-0.1, -0.05) is 91.0 Å². The van der Waals surface area contributed by atoms with Crippen LogP contribution in [0.15, 0.2) is 91.0 Å². The fraction of sp³-hybridized carbons (Fsp3) is 0.130. The second kappa shape index (κ2) is 6.96. The van der Waals surface area contributed by atoms with E-state index in [0.29, 0.717) is 6.54 Å². The van der Waals surface area contributed by atoms with Crippen molar-refractivity contribution in [3.8, 4) is 0 Å². The van der Waals surface area contributed by atoms with Gasteiger partial charge < -0.3 is 0 Å². The summed E-state index contributed by atoms with van der Waals surface area (Å²) in [4.78, 5) is 27.8. The molecular formula is C23H19NO2. The molecule has 3 aromatic carbocycles. The van der Waals surface area contributed by atoms with E-state index in [1.165, 1.54) is 4.90 Å². The van der Waals surface area contributed by atoms with Crippen molar-refractivity contribution >= 4 is 11.8 Å². The van der Waals surface area contributed by atoms with Gasteiger partial charge in [-0.15, -0.1) is 0 Å². The molecule has 3 heteroatoms. The molecule has 0 spiro atoms. The number of carbonyl (C=O) groups excluding carboxylic acids is 2. The number of hydrogen-bond acceptors (Lipinski definition) is 2. The van der Waals surface area contributed by atoms with Crippen LogP contribution >= 0.6 is 0 Å². The highest BCUT2D eigenvalue weighted by molar-refractivity contribution is 6.10. The Hall–Kier alpha value is -3.20. The molecule has 2 atom stereocenters. The average Bonchev–Trinajstić information content (AvgIpc) is 2.95. The Morgan fingerprint density at radius 2 is 0.962 bits per heavy atom. The molecule has 4 rings (SSSR count). The van der Waals surface area contributed by atoms with E-state index in [1.54, 1.807) is 0 Å². The number of nitrogens with zero attached hydrogens (tertiary/aromatic N) is 1. The Kier molecular flexibility index (Phi) is 4.36. The minimum Gasteiger partial charge on any atom is -0.277 e. The number of likely N-dealkylation sites (tertiary alicyclic amines) is 1. The lowest BCUT2D eigenvalue weighted by Crippen LogP contribution is -2.30.